The molecule has 0 atom stereocenters. The summed E-state index contributed by atoms with van der Waals surface area (Å²) in [6.45, 7) is 0. The second kappa shape index (κ2) is 6.33. The number of rotatable bonds is 2. The van der Waals surface area contributed by atoms with E-state index in [1.54, 1.807) is 0 Å². The van der Waals surface area contributed by atoms with Gasteiger partial charge in [0, 0.05) is 18.8 Å². The van der Waals surface area contributed by atoms with Crippen LogP contribution < -0.4 is 0 Å². The van der Waals surface area contributed by atoms with Gasteiger partial charge in [-0.1, -0.05) is 56.1 Å². The van der Waals surface area contributed by atoms with E-state index >= 15 is 0 Å². The van der Waals surface area contributed by atoms with Crippen LogP contribution in [0.2, 0.25) is 0 Å². The van der Waals surface area contributed by atoms with Crippen molar-refractivity contribution >= 4 is 66.9 Å². The van der Waals surface area contributed by atoms with Crippen LogP contribution >= 0.6 is 57.1 Å². The van der Waals surface area contributed by atoms with Gasteiger partial charge in [-0.15, -0.1) is 25.3 Å². The zero-order valence-electron chi connectivity index (χ0n) is 9.27. The lowest BCUT2D eigenvalue weighted by Crippen LogP contribution is -1.82. The third-order valence-corrected chi connectivity index (χ3v) is 4.66. The van der Waals surface area contributed by atoms with Crippen LogP contribution in [0.5, 0.6) is 0 Å². The lowest BCUT2D eigenvalue weighted by atomic mass is 10.1. The van der Waals surface area contributed by atoms with Crippen LogP contribution in [0.25, 0.3) is 9.81 Å². The van der Waals surface area contributed by atoms with Crippen LogP contribution in [0.4, 0.5) is 0 Å². The number of benzene rings is 2. The van der Waals surface area contributed by atoms with Gasteiger partial charge in [0.15, 0.2) is 0 Å². The van der Waals surface area contributed by atoms with Crippen LogP contribution in [-0.4, -0.2) is 0 Å². The summed E-state index contributed by atoms with van der Waals surface area (Å²) in [5.41, 5.74) is 2.10. The van der Waals surface area contributed by atoms with Crippen molar-refractivity contribution in [1.82, 2.24) is 0 Å². The Labute approximate surface area is 135 Å². The first kappa shape index (κ1) is 14.3. The predicted molar refractivity (Wildman–Crippen MR) is 93.1 cm³/mol. The topological polar surface area (TPSA) is 0 Å². The summed E-state index contributed by atoms with van der Waals surface area (Å²) >= 11 is 16.0. The first-order chi connectivity index (χ1) is 8.58. The van der Waals surface area contributed by atoms with Gasteiger partial charge in [-0.2, -0.15) is 0 Å². The average molecular weight is 402 g/mol. The third kappa shape index (κ3) is 3.44. The molecule has 0 fully saturated rings. The highest BCUT2D eigenvalue weighted by molar-refractivity contribution is 9.10. The summed E-state index contributed by atoms with van der Waals surface area (Å²) in [4.78, 5) is 1.74. The molecule has 0 nitrogen and oxygen atoms in total. The quantitative estimate of drug-likeness (QED) is 0.454. The van der Waals surface area contributed by atoms with Crippen LogP contribution in [-0.2, 0) is 0 Å². The molecule has 2 aromatic carbocycles. The smallest absolute Gasteiger partial charge is 0.0253 e. The van der Waals surface area contributed by atoms with Gasteiger partial charge < -0.3 is 0 Å². The summed E-state index contributed by atoms with van der Waals surface area (Å²) < 4.78 is 2.11. The predicted octanol–water partition coefficient (Wildman–Crippen LogP) is 5.90. The molecule has 2 rings (SSSR count). The van der Waals surface area contributed by atoms with E-state index in [1.165, 1.54) is 0 Å². The van der Waals surface area contributed by atoms with Gasteiger partial charge >= 0.3 is 0 Å². The van der Waals surface area contributed by atoms with Crippen molar-refractivity contribution in [3.8, 4) is 0 Å². The van der Waals surface area contributed by atoms with E-state index in [1.807, 2.05) is 48.5 Å². The lowest BCUT2D eigenvalue weighted by Gasteiger charge is -2.07. The van der Waals surface area contributed by atoms with Crippen molar-refractivity contribution in [1.29, 1.82) is 0 Å². The molecule has 0 unspecified atom stereocenters. The van der Waals surface area contributed by atoms with Crippen molar-refractivity contribution in [2.24, 2.45) is 0 Å². The maximum absolute atomic E-state index is 4.56. The Morgan fingerprint density at radius 3 is 1.17 bits per heavy atom. The van der Waals surface area contributed by atoms with Crippen molar-refractivity contribution in [3.05, 3.63) is 68.6 Å². The Hall–Kier alpha value is -0.160. The Bertz CT molecular complexity index is 518. The van der Waals surface area contributed by atoms with Gasteiger partial charge in [0.05, 0.1) is 0 Å². The largest absolute Gasteiger partial charge is 0.142 e. The molecule has 0 aliphatic carbocycles. The van der Waals surface area contributed by atoms with Gasteiger partial charge in [-0.25, -0.2) is 0 Å². The highest BCUT2D eigenvalue weighted by atomic mass is 79.9. The maximum atomic E-state index is 4.56. The molecular formula is C14H10Br2S2. The molecule has 2 aromatic rings. The minimum atomic E-state index is 0.869. The number of hydrogen-bond acceptors (Lipinski definition) is 2. The Balaban J connectivity index is 2.40. The zero-order chi connectivity index (χ0) is 13.1. The average Bonchev–Trinajstić information content (AvgIpc) is 2.39. The number of halogens is 2. The molecular weight excluding hydrogens is 392 g/mol. The van der Waals surface area contributed by atoms with E-state index in [9.17, 15) is 0 Å². The van der Waals surface area contributed by atoms with Crippen molar-refractivity contribution < 1.29 is 0 Å². The van der Waals surface area contributed by atoms with Crippen molar-refractivity contribution in [2.75, 3.05) is 0 Å². The Morgan fingerprint density at radius 1 is 0.611 bits per heavy atom. The first-order valence-corrected chi connectivity index (χ1v) is 7.70. The highest BCUT2D eigenvalue weighted by Gasteiger charge is 2.05. The molecule has 0 saturated heterocycles. The molecule has 0 saturated carbocycles. The monoisotopic (exact) mass is 400 g/mol. The van der Waals surface area contributed by atoms with Gasteiger partial charge in [-0.3, -0.25) is 0 Å². The molecule has 92 valence electrons. The molecule has 18 heavy (non-hydrogen) atoms. The molecule has 0 spiro atoms. The Kier molecular flexibility index (Phi) is 5.01. The van der Waals surface area contributed by atoms with Crippen LogP contribution in [0.3, 0.4) is 0 Å². The molecule has 0 bridgehead atoms. The van der Waals surface area contributed by atoms with Crippen LogP contribution in [0.15, 0.2) is 57.5 Å². The summed E-state index contributed by atoms with van der Waals surface area (Å²) in [5.74, 6) is 0. The highest BCUT2D eigenvalue weighted by Crippen LogP contribution is 2.32. The molecule has 0 radical (unpaired) electrons. The molecule has 0 heterocycles. The van der Waals surface area contributed by atoms with Crippen LogP contribution in [0.1, 0.15) is 11.1 Å². The molecule has 0 aliphatic heterocycles. The SMILES string of the molecule is SC(=C(S)c1ccc(Br)cc1)c1ccc(Br)cc1. The normalized spacial score (nSPS) is 12.2. The van der Waals surface area contributed by atoms with E-state index < -0.39 is 0 Å². The number of thiol groups is 2. The zero-order valence-corrected chi connectivity index (χ0v) is 14.2. The standard InChI is InChI=1S/C14H10Br2S2/c15-11-5-1-9(2-6-11)13(17)14(18)10-3-7-12(16)8-4-10/h1-8,17-18H. The summed E-state index contributed by atoms with van der Waals surface area (Å²) in [6.07, 6.45) is 0. The summed E-state index contributed by atoms with van der Waals surface area (Å²) in [7, 11) is 0. The molecule has 0 aromatic heterocycles. The van der Waals surface area contributed by atoms with Crippen molar-refractivity contribution in [3.63, 3.8) is 0 Å². The minimum Gasteiger partial charge on any atom is -0.142 e. The van der Waals surface area contributed by atoms with E-state index in [2.05, 4.69) is 57.1 Å². The summed E-state index contributed by atoms with van der Waals surface area (Å²) in [5, 5.41) is 0. The van der Waals surface area contributed by atoms with Gasteiger partial charge in [0.1, 0.15) is 0 Å². The fraction of sp³-hybridized carbons (Fsp3) is 0. The van der Waals surface area contributed by atoms with Crippen LogP contribution in [0, 0.1) is 0 Å². The molecule has 0 aliphatic rings. The maximum Gasteiger partial charge on any atom is 0.0253 e. The second-order valence-electron chi connectivity index (χ2n) is 3.71. The van der Waals surface area contributed by atoms with Gasteiger partial charge in [0.2, 0.25) is 0 Å². The van der Waals surface area contributed by atoms with Gasteiger partial charge in [-0.05, 0) is 35.4 Å². The fourth-order valence-corrected chi connectivity index (χ4v) is 2.57. The van der Waals surface area contributed by atoms with Gasteiger partial charge in [0.25, 0.3) is 0 Å². The lowest BCUT2D eigenvalue weighted by molar-refractivity contribution is 1.59. The number of hydrogen-bond donors (Lipinski definition) is 2. The molecule has 0 N–H and O–H groups in total. The second-order valence-corrected chi connectivity index (χ2v) is 6.44. The Morgan fingerprint density at radius 2 is 0.889 bits per heavy atom. The fourth-order valence-electron chi connectivity index (χ4n) is 1.49. The van der Waals surface area contributed by atoms with E-state index in [0.29, 0.717) is 0 Å². The minimum absolute atomic E-state index is 0.869. The third-order valence-electron chi connectivity index (χ3n) is 2.46. The first-order valence-electron chi connectivity index (χ1n) is 5.22. The van der Waals surface area contributed by atoms with E-state index in [4.69, 9.17) is 0 Å². The molecule has 4 heteroatoms. The summed E-state index contributed by atoms with van der Waals surface area (Å²) in [6, 6.07) is 16.0. The van der Waals surface area contributed by atoms with E-state index in [0.717, 1.165) is 29.9 Å². The van der Waals surface area contributed by atoms with Crippen molar-refractivity contribution in [2.45, 2.75) is 0 Å². The molecule has 0 amide bonds. The van der Waals surface area contributed by atoms with E-state index in [-0.39, 0.29) is 0 Å².